The number of phenolic OH excluding ortho intramolecular Hbond substituents is 1. The third kappa shape index (κ3) is 2.57. The molecular formula is C14H19N2O2+. The summed E-state index contributed by atoms with van der Waals surface area (Å²) in [5.41, 5.74) is 0.920. The first-order valence-corrected chi connectivity index (χ1v) is 6.37. The Kier molecular flexibility index (Phi) is 4.06. The van der Waals surface area contributed by atoms with E-state index in [1.54, 1.807) is 12.1 Å². The Morgan fingerprint density at radius 1 is 1.33 bits per heavy atom. The topological polar surface area (TPSA) is 57.7 Å². The lowest BCUT2D eigenvalue weighted by atomic mass is 10.0. The van der Waals surface area contributed by atoms with Gasteiger partial charge in [-0.25, -0.2) is 0 Å². The quantitative estimate of drug-likeness (QED) is 0.839. The van der Waals surface area contributed by atoms with Crippen molar-refractivity contribution in [3.8, 4) is 17.6 Å². The van der Waals surface area contributed by atoms with Crippen molar-refractivity contribution in [2.75, 3.05) is 20.2 Å². The van der Waals surface area contributed by atoms with Crippen LogP contribution in [0.3, 0.4) is 0 Å². The van der Waals surface area contributed by atoms with E-state index in [1.165, 1.54) is 31.3 Å². The van der Waals surface area contributed by atoms with Gasteiger partial charge >= 0.3 is 0 Å². The van der Waals surface area contributed by atoms with Crippen molar-refractivity contribution >= 4 is 0 Å². The van der Waals surface area contributed by atoms with Crippen LogP contribution in [0.1, 0.15) is 30.9 Å². The highest BCUT2D eigenvalue weighted by Gasteiger charge is 2.26. The Morgan fingerprint density at radius 3 is 2.67 bits per heavy atom. The van der Waals surface area contributed by atoms with Crippen LogP contribution in [-0.2, 0) is 0 Å². The Labute approximate surface area is 107 Å². The average molecular weight is 247 g/mol. The summed E-state index contributed by atoms with van der Waals surface area (Å²) in [6, 6.07) is 7.40. The van der Waals surface area contributed by atoms with Gasteiger partial charge in [-0.05, 0) is 37.5 Å². The minimum atomic E-state index is -0.167. The minimum Gasteiger partial charge on any atom is -0.504 e. The standard InChI is InChI=1S/C14H18N2O2/c1-18-14-9-11(5-6-13(14)17)12(10-15)16-7-3-2-4-8-16/h5-6,9,12,17H,2-4,7-8H2,1H3/p+1/t12-/m1/s1. The number of nitrogens with one attached hydrogen (secondary N) is 1. The predicted molar refractivity (Wildman–Crippen MR) is 67.6 cm³/mol. The zero-order valence-corrected chi connectivity index (χ0v) is 10.6. The highest BCUT2D eigenvalue weighted by atomic mass is 16.5. The fourth-order valence-electron chi connectivity index (χ4n) is 2.57. The number of ether oxygens (including phenoxy) is 1. The summed E-state index contributed by atoms with van der Waals surface area (Å²) in [6.07, 6.45) is 3.63. The van der Waals surface area contributed by atoms with Crippen LogP contribution < -0.4 is 9.64 Å². The summed E-state index contributed by atoms with van der Waals surface area (Å²) in [4.78, 5) is 1.32. The van der Waals surface area contributed by atoms with Gasteiger partial charge in [-0.3, -0.25) is 0 Å². The number of likely N-dealkylation sites (tertiary alicyclic amines) is 1. The molecule has 2 rings (SSSR count). The third-order valence-electron chi connectivity index (χ3n) is 3.57. The average Bonchev–Trinajstić information content (AvgIpc) is 2.42. The molecule has 0 radical (unpaired) electrons. The summed E-state index contributed by atoms with van der Waals surface area (Å²) in [5.74, 6) is 0.552. The molecule has 4 heteroatoms. The Balaban J connectivity index is 2.24. The number of rotatable bonds is 3. The third-order valence-corrected chi connectivity index (χ3v) is 3.57. The second-order valence-electron chi connectivity index (χ2n) is 4.71. The molecule has 1 aromatic carbocycles. The van der Waals surface area contributed by atoms with Gasteiger partial charge in [0.2, 0.25) is 6.04 Å². The minimum absolute atomic E-state index is 0.117. The van der Waals surface area contributed by atoms with Gasteiger partial charge in [0.1, 0.15) is 6.07 Å². The van der Waals surface area contributed by atoms with Crippen molar-refractivity contribution in [1.82, 2.24) is 0 Å². The molecule has 1 aliphatic heterocycles. The second kappa shape index (κ2) is 5.74. The highest BCUT2D eigenvalue weighted by Crippen LogP contribution is 2.28. The molecule has 96 valence electrons. The molecule has 18 heavy (non-hydrogen) atoms. The van der Waals surface area contributed by atoms with Crippen LogP contribution in [-0.4, -0.2) is 25.3 Å². The molecule has 1 saturated heterocycles. The molecule has 0 spiro atoms. The first-order valence-electron chi connectivity index (χ1n) is 6.37. The van der Waals surface area contributed by atoms with E-state index in [0.717, 1.165) is 18.7 Å². The molecule has 1 aromatic rings. The number of piperidine rings is 1. The predicted octanol–water partition coefficient (Wildman–Crippen LogP) is 1.03. The summed E-state index contributed by atoms with van der Waals surface area (Å²) in [7, 11) is 1.52. The lowest BCUT2D eigenvalue weighted by Crippen LogP contribution is -3.13. The maximum Gasteiger partial charge on any atom is 0.200 e. The number of quaternary nitrogens is 1. The summed E-state index contributed by atoms with van der Waals surface area (Å²) >= 11 is 0. The first-order chi connectivity index (χ1) is 8.76. The molecule has 1 fully saturated rings. The van der Waals surface area contributed by atoms with Gasteiger partial charge < -0.3 is 14.7 Å². The Morgan fingerprint density at radius 2 is 2.06 bits per heavy atom. The molecule has 0 unspecified atom stereocenters. The lowest BCUT2D eigenvalue weighted by Gasteiger charge is -2.27. The van der Waals surface area contributed by atoms with Crippen molar-refractivity contribution in [2.24, 2.45) is 0 Å². The van der Waals surface area contributed by atoms with Gasteiger partial charge in [-0.15, -0.1) is 0 Å². The van der Waals surface area contributed by atoms with Crippen molar-refractivity contribution < 1.29 is 14.7 Å². The molecule has 1 atom stereocenters. The van der Waals surface area contributed by atoms with E-state index in [-0.39, 0.29) is 11.8 Å². The van der Waals surface area contributed by atoms with E-state index < -0.39 is 0 Å². The van der Waals surface area contributed by atoms with Gasteiger partial charge in [0.15, 0.2) is 11.5 Å². The van der Waals surface area contributed by atoms with Gasteiger partial charge in [0.25, 0.3) is 0 Å². The van der Waals surface area contributed by atoms with Crippen molar-refractivity contribution in [2.45, 2.75) is 25.3 Å². The molecule has 1 heterocycles. The number of methoxy groups -OCH3 is 1. The van der Waals surface area contributed by atoms with E-state index in [9.17, 15) is 10.4 Å². The number of hydrogen-bond acceptors (Lipinski definition) is 3. The molecule has 4 nitrogen and oxygen atoms in total. The number of nitriles is 1. The number of hydrogen-bond donors (Lipinski definition) is 2. The van der Waals surface area contributed by atoms with Crippen LogP contribution in [0.4, 0.5) is 0 Å². The van der Waals surface area contributed by atoms with Crippen molar-refractivity contribution in [1.29, 1.82) is 5.26 Å². The molecule has 0 bridgehead atoms. The van der Waals surface area contributed by atoms with E-state index in [1.807, 2.05) is 6.07 Å². The van der Waals surface area contributed by atoms with E-state index in [2.05, 4.69) is 6.07 Å². The van der Waals surface area contributed by atoms with E-state index >= 15 is 0 Å². The maximum atomic E-state index is 9.59. The van der Waals surface area contributed by atoms with Crippen molar-refractivity contribution in [3.05, 3.63) is 23.8 Å². The SMILES string of the molecule is COc1cc([C@@H](C#N)[NH+]2CCCCC2)ccc1O. The summed E-state index contributed by atoms with van der Waals surface area (Å²) in [5, 5.41) is 19.0. The monoisotopic (exact) mass is 247 g/mol. The molecule has 2 N–H and O–H groups in total. The molecule has 0 aliphatic carbocycles. The van der Waals surface area contributed by atoms with E-state index in [0.29, 0.717) is 5.75 Å². The molecule has 1 aliphatic rings. The van der Waals surface area contributed by atoms with Crippen LogP contribution in [0.15, 0.2) is 18.2 Å². The molecule has 0 saturated carbocycles. The summed E-state index contributed by atoms with van der Waals surface area (Å²) < 4.78 is 5.10. The number of aromatic hydroxyl groups is 1. The maximum absolute atomic E-state index is 9.59. The van der Waals surface area contributed by atoms with Crippen LogP contribution >= 0.6 is 0 Å². The zero-order chi connectivity index (χ0) is 13.0. The number of benzene rings is 1. The number of nitrogens with zero attached hydrogens (tertiary/aromatic N) is 1. The fourth-order valence-corrected chi connectivity index (χ4v) is 2.57. The molecular weight excluding hydrogens is 228 g/mol. The lowest BCUT2D eigenvalue weighted by molar-refractivity contribution is -0.927. The summed E-state index contributed by atoms with van der Waals surface area (Å²) in [6.45, 7) is 2.09. The Hall–Kier alpha value is -1.73. The van der Waals surface area contributed by atoms with Crippen LogP contribution in [0.25, 0.3) is 0 Å². The van der Waals surface area contributed by atoms with Gasteiger partial charge in [0, 0.05) is 5.56 Å². The second-order valence-corrected chi connectivity index (χ2v) is 4.71. The normalized spacial score (nSPS) is 18.0. The van der Waals surface area contributed by atoms with Crippen LogP contribution in [0, 0.1) is 11.3 Å². The molecule has 0 amide bonds. The van der Waals surface area contributed by atoms with Gasteiger partial charge in [0.05, 0.1) is 20.2 Å². The Bertz CT molecular complexity index is 448. The number of phenols is 1. The smallest absolute Gasteiger partial charge is 0.200 e. The van der Waals surface area contributed by atoms with Gasteiger partial charge in [-0.2, -0.15) is 5.26 Å². The zero-order valence-electron chi connectivity index (χ0n) is 10.6. The first kappa shape index (κ1) is 12.7. The highest BCUT2D eigenvalue weighted by molar-refractivity contribution is 5.43. The fraction of sp³-hybridized carbons (Fsp3) is 0.500. The molecule has 0 aromatic heterocycles. The van der Waals surface area contributed by atoms with Crippen LogP contribution in [0.5, 0.6) is 11.5 Å². The largest absolute Gasteiger partial charge is 0.504 e. The van der Waals surface area contributed by atoms with Crippen LogP contribution in [0.2, 0.25) is 0 Å². The van der Waals surface area contributed by atoms with E-state index in [4.69, 9.17) is 4.74 Å². The van der Waals surface area contributed by atoms with Gasteiger partial charge in [-0.1, -0.05) is 0 Å². The van der Waals surface area contributed by atoms with Crippen molar-refractivity contribution in [3.63, 3.8) is 0 Å².